The second-order valence-corrected chi connectivity index (χ2v) is 5.32. The van der Waals surface area contributed by atoms with Crippen molar-refractivity contribution in [1.82, 2.24) is 9.97 Å². The van der Waals surface area contributed by atoms with Crippen LogP contribution in [0.15, 0.2) is 67.0 Å². The maximum Gasteiger partial charge on any atom is 0.0608 e. The SMILES string of the molecule is Nc1ccc(N(Cc2ccccn2)Cc2ccccn2)c(N)c1. The van der Waals surface area contributed by atoms with Gasteiger partial charge in [-0.05, 0) is 42.5 Å². The van der Waals surface area contributed by atoms with E-state index in [2.05, 4.69) is 14.9 Å². The molecule has 0 atom stereocenters. The zero-order chi connectivity index (χ0) is 16.1. The highest BCUT2D eigenvalue weighted by Gasteiger charge is 2.13. The van der Waals surface area contributed by atoms with E-state index in [1.165, 1.54) is 0 Å². The molecule has 0 fully saturated rings. The fourth-order valence-electron chi connectivity index (χ4n) is 2.46. The van der Waals surface area contributed by atoms with E-state index in [1.54, 1.807) is 18.5 Å². The Morgan fingerprint density at radius 3 is 1.87 bits per heavy atom. The molecule has 0 aliphatic rings. The molecule has 4 N–H and O–H groups in total. The zero-order valence-corrected chi connectivity index (χ0v) is 12.8. The van der Waals surface area contributed by atoms with Crippen molar-refractivity contribution in [3.8, 4) is 0 Å². The number of hydrogen-bond acceptors (Lipinski definition) is 5. The largest absolute Gasteiger partial charge is 0.399 e. The fourth-order valence-corrected chi connectivity index (χ4v) is 2.46. The molecule has 2 aromatic heterocycles. The van der Waals surface area contributed by atoms with Crippen LogP contribution < -0.4 is 16.4 Å². The van der Waals surface area contributed by atoms with Gasteiger partial charge in [0.25, 0.3) is 0 Å². The van der Waals surface area contributed by atoms with Crippen LogP contribution in [-0.4, -0.2) is 9.97 Å². The number of pyridine rings is 2. The van der Waals surface area contributed by atoms with Gasteiger partial charge in [0.1, 0.15) is 0 Å². The van der Waals surface area contributed by atoms with E-state index in [1.807, 2.05) is 48.5 Å². The summed E-state index contributed by atoms with van der Waals surface area (Å²) in [4.78, 5) is 11.0. The van der Waals surface area contributed by atoms with Gasteiger partial charge in [-0.25, -0.2) is 0 Å². The monoisotopic (exact) mass is 305 g/mol. The van der Waals surface area contributed by atoms with Crippen LogP contribution in [0.2, 0.25) is 0 Å². The molecule has 23 heavy (non-hydrogen) atoms. The standard InChI is InChI=1S/C18H19N5/c19-14-7-8-18(17(20)11-14)23(12-15-5-1-3-9-21-15)13-16-6-2-4-10-22-16/h1-11H,12-13,19-20H2. The summed E-state index contributed by atoms with van der Waals surface area (Å²) in [6.07, 6.45) is 3.58. The highest BCUT2D eigenvalue weighted by atomic mass is 15.2. The number of anilines is 3. The summed E-state index contributed by atoms with van der Waals surface area (Å²) in [6.45, 7) is 1.29. The smallest absolute Gasteiger partial charge is 0.0608 e. The van der Waals surface area contributed by atoms with Crippen LogP contribution in [0.1, 0.15) is 11.4 Å². The van der Waals surface area contributed by atoms with Gasteiger partial charge in [0.15, 0.2) is 0 Å². The molecule has 2 heterocycles. The van der Waals surface area contributed by atoms with Crippen molar-refractivity contribution in [2.45, 2.75) is 13.1 Å². The third kappa shape index (κ3) is 3.77. The highest BCUT2D eigenvalue weighted by Crippen LogP contribution is 2.27. The Hall–Kier alpha value is -3.08. The number of nitrogens with zero attached hydrogens (tertiary/aromatic N) is 3. The molecule has 5 nitrogen and oxygen atoms in total. The van der Waals surface area contributed by atoms with Gasteiger partial charge in [0.05, 0.1) is 35.9 Å². The minimum atomic E-state index is 0.644. The lowest BCUT2D eigenvalue weighted by Gasteiger charge is -2.25. The Labute approximate surface area is 135 Å². The summed E-state index contributed by atoms with van der Waals surface area (Å²) in [5.41, 5.74) is 16.2. The lowest BCUT2D eigenvalue weighted by molar-refractivity contribution is 0.766. The first-order valence-electron chi connectivity index (χ1n) is 7.42. The summed E-state index contributed by atoms with van der Waals surface area (Å²) in [5, 5.41) is 0. The summed E-state index contributed by atoms with van der Waals surface area (Å²) in [6, 6.07) is 17.3. The number of aromatic nitrogens is 2. The molecule has 0 aliphatic carbocycles. The molecule has 0 saturated carbocycles. The van der Waals surface area contributed by atoms with Crippen LogP contribution >= 0.6 is 0 Å². The minimum absolute atomic E-state index is 0.644. The van der Waals surface area contributed by atoms with Gasteiger partial charge in [-0.3, -0.25) is 9.97 Å². The Bertz CT molecular complexity index is 717. The normalized spacial score (nSPS) is 10.4. The first-order chi connectivity index (χ1) is 11.2. The van der Waals surface area contributed by atoms with Crippen LogP contribution in [0.5, 0.6) is 0 Å². The second kappa shape index (κ2) is 6.79. The number of benzene rings is 1. The molecule has 0 bridgehead atoms. The van der Waals surface area contributed by atoms with Crippen molar-refractivity contribution in [2.75, 3.05) is 16.4 Å². The Morgan fingerprint density at radius 2 is 1.39 bits per heavy atom. The molecule has 0 radical (unpaired) electrons. The molecule has 116 valence electrons. The lowest BCUT2D eigenvalue weighted by Crippen LogP contribution is -2.24. The molecule has 0 saturated heterocycles. The summed E-state index contributed by atoms with van der Waals surface area (Å²) < 4.78 is 0. The minimum Gasteiger partial charge on any atom is -0.399 e. The van der Waals surface area contributed by atoms with Crippen molar-refractivity contribution in [3.63, 3.8) is 0 Å². The van der Waals surface area contributed by atoms with Crippen molar-refractivity contribution < 1.29 is 0 Å². The Balaban J connectivity index is 1.92. The Morgan fingerprint density at radius 1 is 0.783 bits per heavy atom. The second-order valence-electron chi connectivity index (χ2n) is 5.32. The fraction of sp³-hybridized carbons (Fsp3) is 0.111. The van der Waals surface area contributed by atoms with E-state index < -0.39 is 0 Å². The quantitative estimate of drug-likeness (QED) is 0.708. The number of nitrogens with two attached hydrogens (primary N) is 2. The third-order valence-electron chi connectivity index (χ3n) is 3.55. The van der Waals surface area contributed by atoms with Gasteiger partial charge in [-0.15, -0.1) is 0 Å². The maximum absolute atomic E-state index is 6.17. The van der Waals surface area contributed by atoms with E-state index in [9.17, 15) is 0 Å². The molecule has 3 rings (SSSR count). The molecule has 0 amide bonds. The van der Waals surface area contributed by atoms with Crippen molar-refractivity contribution in [1.29, 1.82) is 0 Å². The average molecular weight is 305 g/mol. The highest BCUT2D eigenvalue weighted by molar-refractivity contribution is 5.71. The van der Waals surface area contributed by atoms with Crippen LogP contribution in [0.3, 0.4) is 0 Å². The first-order valence-corrected chi connectivity index (χ1v) is 7.42. The van der Waals surface area contributed by atoms with Crippen LogP contribution in [0.4, 0.5) is 17.1 Å². The van der Waals surface area contributed by atoms with Crippen molar-refractivity contribution in [2.24, 2.45) is 0 Å². The third-order valence-corrected chi connectivity index (χ3v) is 3.55. The van der Waals surface area contributed by atoms with Gasteiger partial charge in [-0.1, -0.05) is 12.1 Å². The van der Waals surface area contributed by atoms with E-state index >= 15 is 0 Å². The maximum atomic E-state index is 6.17. The molecular weight excluding hydrogens is 286 g/mol. The number of hydrogen-bond donors (Lipinski definition) is 2. The summed E-state index contributed by atoms with van der Waals surface area (Å²) in [7, 11) is 0. The topological polar surface area (TPSA) is 81.1 Å². The molecule has 0 unspecified atom stereocenters. The van der Waals surface area contributed by atoms with E-state index in [4.69, 9.17) is 11.5 Å². The van der Waals surface area contributed by atoms with Gasteiger partial charge in [0, 0.05) is 18.1 Å². The van der Waals surface area contributed by atoms with Crippen LogP contribution in [0.25, 0.3) is 0 Å². The molecule has 0 aliphatic heterocycles. The van der Waals surface area contributed by atoms with E-state index in [-0.39, 0.29) is 0 Å². The molecular formula is C18H19N5. The molecule has 3 aromatic rings. The zero-order valence-electron chi connectivity index (χ0n) is 12.8. The van der Waals surface area contributed by atoms with Gasteiger partial charge >= 0.3 is 0 Å². The van der Waals surface area contributed by atoms with Gasteiger partial charge in [0.2, 0.25) is 0 Å². The average Bonchev–Trinajstić information content (AvgIpc) is 2.56. The summed E-state index contributed by atoms with van der Waals surface area (Å²) >= 11 is 0. The van der Waals surface area contributed by atoms with Crippen LogP contribution in [-0.2, 0) is 13.1 Å². The van der Waals surface area contributed by atoms with Crippen molar-refractivity contribution >= 4 is 17.1 Å². The summed E-state index contributed by atoms with van der Waals surface area (Å²) in [5.74, 6) is 0. The molecule has 0 spiro atoms. The van der Waals surface area contributed by atoms with Crippen LogP contribution in [0, 0.1) is 0 Å². The van der Waals surface area contributed by atoms with E-state index in [0.29, 0.717) is 24.5 Å². The Kier molecular flexibility index (Phi) is 4.38. The van der Waals surface area contributed by atoms with Gasteiger partial charge < -0.3 is 16.4 Å². The molecule has 5 heteroatoms. The van der Waals surface area contributed by atoms with Crippen molar-refractivity contribution in [3.05, 3.63) is 78.4 Å². The molecule has 1 aromatic carbocycles. The first kappa shape index (κ1) is 14.8. The lowest BCUT2D eigenvalue weighted by atomic mass is 10.2. The number of rotatable bonds is 5. The predicted molar refractivity (Wildman–Crippen MR) is 93.6 cm³/mol. The van der Waals surface area contributed by atoms with E-state index in [0.717, 1.165) is 17.1 Å². The van der Waals surface area contributed by atoms with Gasteiger partial charge in [-0.2, -0.15) is 0 Å². The predicted octanol–water partition coefficient (Wildman–Crippen LogP) is 2.85. The number of nitrogen functional groups attached to an aromatic ring is 2.